The van der Waals surface area contributed by atoms with Crippen LogP contribution in [0.1, 0.15) is 58.3 Å². The van der Waals surface area contributed by atoms with Crippen LogP contribution in [-0.2, 0) is 45.4 Å². The van der Waals surface area contributed by atoms with E-state index in [-0.39, 0.29) is 30.7 Å². The van der Waals surface area contributed by atoms with E-state index in [1.165, 1.54) is 7.05 Å². The quantitative estimate of drug-likeness (QED) is 0.152. The van der Waals surface area contributed by atoms with Crippen molar-refractivity contribution in [1.29, 1.82) is 0 Å². The molecule has 15 nitrogen and oxygen atoms in total. The van der Waals surface area contributed by atoms with Gasteiger partial charge in [-0.3, -0.25) is 33.8 Å². The number of carbonyl (C=O) groups is 3. The molecule has 3 aromatic carbocycles. The maximum atomic E-state index is 13.9. The summed E-state index contributed by atoms with van der Waals surface area (Å²) in [6, 6.07) is 18.0. The van der Waals surface area contributed by atoms with Gasteiger partial charge in [0, 0.05) is 100 Å². The smallest absolute Gasteiger partial charge is 0.371 e. The number of alkyl halides is 3. The number of nitrogens with zero attached hydrogens (tertiary/aromatic N) is 7. The fraction of sp³-hybridized carbons (Fsp3) is 0.419. The number of benzene rings is 3. The molecule has 1 atom stereocenters. The van der Waals surface area contributed by atoms with Gasteiger partial charge in [-0.05, 0) is 94.3 Å². The van der Waals surface area contributed by atoms with Gasteiger partial charge in [-0.25, -0.2) is 13.4 Å². The molecule has 0 radical (unpaired) electrons. The van der Waals surface area contributed by atoms with Crippen LogP contribution in [0, 0.1) is 0 Å². The van der Waals surface area contributed by atoms with Crippen molar-refractivity contribution in [2.75, 3.05) is 72.4 Å². The number of hydrogen-bond donors (Lipinski definition) is 3. The molecular formula is C43H48BrF3N10O5S. The van der Waals surface area contributed by atoms with Crippen molar-refractivity contribution in [2.45, 2.75) is 63.6 Å². The molecule has 0 bridgehead atoms. The average molecular weight is 954 g/mol. The molecule has 5 heterocycles. The van der Waals surface area contributed by atoms with Crippen molar-refractivity contribution in [1.82, 2.24) is 30.0 Å². The summed E-state index contributed by atoms with van der Waals surface area (Å²) in [5.74, 6) is -1.34. The van der Waals surface area contributed by atoms with Crippen LogP contribution in [0.2, 0.25) is 0 Å². The highest BCUT2D eigenvalue weighted by Gasteiger charge is 2.40. The zero-order chi connectivity index (χ0) is 44.6. The Morgan fingerprint density at radius 1 is 0.937 bits per heavy atom. The first-order valence-electron chi connectivity index (χ1n) is 20.8. The van der Waals surface area contributed by atoms with Gasteiger partial charge in [-0.1, -0.05) is 18.2 Å². The fourth-order valence-corrected chi connectivity index (χ4v) is 9.97. The molecule has 0 saturated carbocycles. The van der Waals surface area contributed by atoms with E-state index in [0.717, 1.165) is 96.7 Å². The number of piperazine rings is 1. The van der Waals surface area contributed by atoms with Crippen molar-refractivity contribution in [3.8, 4) is 0 Å². The highest BCUT2D eigenvalue weighted by atomic mass is 79.9. The molecule has 4 aliphatic rings. The lowest BCUT2D eigenvalue weighted by Crippen LogP contribution is -2.53. The number of anilines is 5. The number of piperidine rings is 2. The molecule has 1 aromatic heterocycles. The lowest BCUT2D eigenvalue weighted by Gasteiger charge is -2.43. The number of carbonyl (C=O) groups excluding carboxylic acids is 3. The monoisotopic (exact) mass is 952 g/mol. The van der Waals surface area contributed by atoms with Crippen LogP contribution < -0.4 is 25.2 Å². The van der Waals surface area contributed by atoms with Gasteiger partial charge in [-0.2, -0.15) is 18.2 Å². The molecule has 3 fully saturated rings. The third-order valence-corrected chi connectivity index (χ3v) is 14.1. The van der Waals surface area contributed by atoms with Crippen molar-refractivity contribution in [2.24, 2.45) is 0 Å². The normalized spacial score (nSPS) is 19.3. The van der Waals surface area contributed by atoms with Gasteiger partial charge >= 0.3 is 6.18 Å². The number of fused-ring (bicyclic) bond motifs is 1. The summed E-state index contributed by atoms with van der Waals surface area (Å²) in [6.45, 7) is 6.59. The highest BCUT2D eigenvalue weighted by molar-refractivity contribution is 9.10. The third kappa shape index (κ3) is 10.1. The number of rotatable bonds is 12. The van der Waals surface area contributed by atoms with E-state index in [9.17, 15) is 36.0 Å². The van der Waals surface area contributed by atoms with E-state index >= 15 is 0 Å². The lowest BCUT2D eigenvalue weighted by molar-refractivity contribution is -0.138. The second-order valence-corrected chi connectivity index (χ2v) is 19.3. The molecule has 3 saturated heterocycles. The number of imide groups is 1. The summed E-state index contributed by atoms with van der Waals surface area (Å²) in [5.41, 5.74) is 4.16. The van der Waals surface area contributed by atoms with Crippen molar-refractivity contribution >= 4 is 72.5 Å². The second-order valence-electron chi connectivity index (χ2n) is 16.4. The van der Waals surface area contributed by atoms with Crippen LogP contribution in [0.15, 0.2) is 71.3 Å². The minimum atomic E-state index is -4.71. The fourth-order valence-electron chi connectivity index (χ4n) is 8.75. The summed E-state index contributed by atoms with van der Waals surface area (Å²) in [6.07, 6.45) is -0.320. The van der Waals surface area contributed by atoms with E-state index in [0.29, 0.717) is 41.5 Å². The van der Waals surface area contributed by atoms with E-state index < -0.39 is 39.5 Å². The first-order valence-corrected chi connectivity index (χ1v) is 23.4. The van der Waals surface area contributed by atoms with Crippen LogP contribution in [0.4, 0.5) is 42.0 Å². The molecule has 20 heteroatoms. The van der Waals surface area contributed by atoms with E-state index in [2.05, 4.69) is 62.6 Å². The van der Waals surface area contributed by atoms with Gasteiger partial charge in [0.25, 0.3) is 5.91 Å². The predicted octanol–water partition coefficient (Wildman–Crippen LogP) is 5.56. The zero-order valence-corrected chi connectivity index (χ0v) is 37.2. The van der Waals surface area contributed by atoms with Crippen LogP contribution in [0.5, 0.6) is 0 Å². The molecule has 334 valence electrons. The Morgan fingerprint density at radius 2 is 1.67 bits per heavy atom. The minimum absolute atomic E-state index is 0.0141. The van der Waals surface area contributed by atoms with Gasteiger partial charge in [0.05, 0.1) is 17.5 Å². The summed E-state index contributed by atoms with van der Waals surface area (Å²) < 4.78 is 67.6. The van der Waals surface area contributed by atoms with Crippen LogP contribution in [0.25, 0.3) is 0 Å². The molecule has 63 heavy (non-hydrogen) atoms. The first-order chi connectivity index (χ1) is 30.0. The number of halogens is 4. The minimum Gasteiger partial charge on any atom is -0.371 e. The topological polar surface area (TPSA) is 163 Å². The van der Waals surface area contributed by atoms with Gasteiger partial charge in [0.2, 0.25) is 27.8 Å². The zero-order valence-electron chi connectivity index (χ0n) is 34.8. The number of amides is 3. The van der Waals surface area contributed by atoms with Crippen LogP contribution in [-0.4, -0.2) is 115 Å². The molecule has 1 unspecified atom stereocenters. The molecule has 0 aliphatic carbocycles. The molecule has 3 N–H and O–H groups in total. The van der Waals surface area contributed by atoms with Gasteiger partial charge in [0.1, 0.15) is 17.4 Å². The molecule has 3 amide bonds. The Bertz CT molecular complexity index is 2500. The van der Waals surface area contributed by atoms with E-state index in [1.54, 1.807) is 29.2 Å². The summed E-state index contributed by atoms with van der Waals surface area (Å²) in [4.78, 5) is 54.5. The molecular weight excluding hydrogens is 906 g/mol. The first kappa shape index (κ1) is 44.3. The van der Waals surface area contributed by atoms with E-state index in [1.807, 2.05) is 30.3 Å². The Kier molecular flexibility index (Phi) is 12.7. The largest absolute Gasteiger partial charge is 0.421 e. The average Bonchev–Trinajstić information content (AvgIpc) is 3.58. The Balaban J connectivity index is 0.813. The maximum absolute atomic E-state index is 13.9. The number of aromatic nitrogens is 2. The predicted molar refractivity (Wildman–Crippen MR) is 236 cm³/mol. The summed E-state index contributed by atoms with van der Waals surface area (Å²) in [5, 5.41) is 8.14. The maximum Gasteiger partial charge on any atom is 0.421 e. The third-order valence-electron chi connectivity index (χ3n) is 12.2. The molecule has 8 rings (SSSR count). The second kappa shape index (κ2) is 18.1. The summed E-state index contributed by atoms with van der Waals surface area (Å²) >= 11 is 3.62. The Hall–Kier alpha value is -5.31. The Morgan fingerprint density at radius 3 is 2.35 bits per heavy atom. The Labute approximate surface area is 372 Å². The number of sulfonamides is 1. The number of hydrogen-bond acceptors (Lipinski definition) is 12. The molecule has 4 aromatic rings. The van der Waals surface area contributed by atoms with Gasteiger partial charge < -0.3 is 20.4 Å². The highest BCUT2D eigenvalue weighted by Crippen LogP contribution is 2.36. The molecule has 4 aliphatic heterocycles. The van der Waals surface area contributed by atoms with Crippen LogP contribution in [0.3, 0.4) is 0 Å². The lowest BCUT2D eigenvalue weighted by atomic mass is 10.0. The SMILES string of the molecule is CN(c1cccc(CNc2nc(Nc3ccc(N4CCC(N5CCN(Cc6cc(Br)c7c(c6)CN(C6CCC(=O)NC6=O)C7=O)CC5)CC4)cc3)ncc2C(F)(F)F)c1)S(C)(=O)=O. The van der Waals surface area contributed by atoms with Gasteiger partial charge in [0.15, 0.2) is 0 Å². The molecule has 0 spiro atoms. The standard InChI is InChI=1S/C43H48BrF3N10O5S/c1-53(63(2,61)62)33-5-3-4-27(21-33)23-48-39-34(43(45,46)47)24-49-42(52-39)50-30-6-8-31(9-7-30)55-14-12-32(13-15-55)56-18-16-54(17-19-56)25-28-20-29-26-57(41(60)38(29)35(44)22-28)36-10-11-37(58)51-40(36)59/h3-9,20-22,24,32,36H,10-19,23,25-26H2,1-2H3,(H,51,58,59)(H2,48,49,50,52). The van der Waals surface area contributed by atoms with Crippen molar-refractivity contribution in [3.63, 3.8) is 0 Å². The van der Waals surface area contributed by atoms with Crippen molar-refractivity contribution < 1.29 is 36.0 Å². The number of nitrogens with one attached hydrogen (secondary N) is 3. The van der Waals surface area contributed by atoms with Crippen molar-refractivity contribution in [3.05, 3.63) is 99.2 Å². The van der Waals surface area contributed by atoms with E-state index in [4.69, 9.17) is 0 Å². The van der Waals surface area contributed by atoms with Gasteiger partial charge in [-0.15, -0.1) is 0 Å². The summed E-state index contributed by atoms with van der Waals surface area (Å²) in [7, 11) is -2.12. The van der Waals surface area contributed by atoms with Crippen LogP contribution >= 0.6 is 15.9 Å².